The molecule has 17 heteroatoms. The SMILES string of the molecule is O=[N+]([O-])c1cccc(Cl)c1NC1=NC(C(F)(F)F)(C(F)(F)F)/C(=C(\F)C(F)(F)F)S1. The maximum Gasteiger partial charge on any atom is 0.443 e. The third-order valence-corrected chi connectivity index (χ3v) is 4.87. The third kappa shape index (κ3) is 4.01. The molecule has 0 aromatic heterocycles. The van der Waals surface area contributed by atoms with E-state index in [1.54, 1.807) is 5.32 Å². The Morgan fingerprint density at radius 2 is 1.63 bits per heavy atom. The van der Waals surface area contributed by atoms with Crippen molar-refractivity contribution >= 4 is 39.9 Å². The smallest absolute Gasteiger partial charge is 0.328 e. The maximum absolute atomic E-state index is 13.7. The van der Waals surface area contributed by atoms with Crippen molar-refractivity contribution in [2.75, 3.05) is 5.32 Å². The molecule has 0 amide bonds. The Morgan fingerprint density at radius 3 is 2.07 bits per heavy atom. The Balaban J connectivity index is 2.76. The van der Waals surface area contributed by atoms with Crippen molar-refractivity contribution in [2.24, 2.45) is 4.99 Å². The maximum atomic E-state index is 13.7. The molecule has 1 heterocycles. The van der Waals surface area contributed by atoms with Gasteiger partial charge in [-0.1, -0.05) is 29.4 Å². The molecule has 5 nitrogen and oxygen atoms in total. The van der Waals surface area contributed by atoms with E-state index in [2.05, 4.69) is 4.99 Å². The highest BCUT2D eigenvalue weighted by Gasteiger charge is 2.77. The summed E-state index contributed by atoms with van der Waals surface area (Å²) in [6.45, 7) is 0. The molecule has 0 saturated heterocycles. The van der Waals surface area contributed by atoms with Crippen LogP contribution in [0.3, 0.4) is 0 Å². The van der Waals surface area contributed by atoms with Crippen LogP contribution >= 0.6 is 23.4 Å². The van der Waals surface area contributed by atoms with Crippen LogP contribution in [0.15, 0.2) is 33.9 Å². The van der Waals surface area contributed by atoms with Gasteiger partial charge in [-0.3, -0.25) is 10.1 Å². The fourth-order valence-corrected chi connectivity index (χ4v) is 3.60. The van der Waals surface area contributed by atoms with Crippen LogP contribution in [0.5, 0.6) is 0 Å². The Morgan fingerprint density at radius 1 is 1.10 bits per heavy atom. The van der Waals surface area contributed by atoms with Crippen molar-refractivity contribution in [3.63, 3.8) is 0 Å². The van der Waals surface area contributed by atoms with Gasteiger partial charge in [0, 0.05) is 6.07 Å². The summed E-state index contributed by atoms with van der Waals surface area (Å²) in [5, 5.41) is 10.5. The van der Waals surface area contributed by atoms with Gasteiger partial charge >= 0.3 is 18.5 Å². The topological polar surface area (TPSA) is 67.5 Å². The van der Waals surface area contributed by atoms with Crippen LogP contribution in [0, 0.1) is 10.1 Å². The second kappa shape index (κ2) is 7.47. The normalized spacial score (nSPS) is 18.8. The number of benzene rings is 1. The van der Waals surface area contributed by atoms with Crippen molar-refractivity contribution in [3.8, 4) is 0 Å². The van der Waals surface area contributed by atoms with Gasteiger partial charge in [0.15, 0.2) is 5.17 Å². The van der Waals surface area contributed by atoms with Crippen molar-refractivity contribution in [2.45, 2.75) is 24.1 Å². The number of hydrogen-bond acceptors (Lipinski definition) is 5. The minimum atomic E-state index is -6.55. The third-order valence-electron chi connectivity index (χ3n) is 3.49. The minimum Gasteiger partial charge on any atom is -0.328 e. The van der Waals surface area contributed by atoms with Gasteiger partial charge in [0.05, 0.1) is 14.9 Å². The molecule has 2 rings (SSSR count). The summed E-state index contributed by atoms with van der Waals surface area (Å²) in [6, 6.07) is 2.71. The lowest BCUT2D eigenvalue weighted by Crippen LogP contribution is -2.55. The molecule has 0 unspecified atom stereocenters. The first-order chi connectivity index (χ1) is 13.4. The van der Waals surface area contributed by atoms with E-state index in [1.807, 2.05) is 0 Å². The van der Waals surface area contributed by atoms with Gasteiger partial charge in [-0.05, 0) is 6.07 Å². The predicted octanol–water partition coefficient (Wildman–Crippen LogP) is 6.37. The molecule has 0 spiro atoms. The molecule has 1 aromatic rings. The summed E-state index contributed by atoms with van der Waals surface area (Å²) in [5.74, 6) is -3.67. The van der Waals surface area contributed by atoms with Crippen LogP contribution < -0.4 is 5.32 Å². The number of para-hydroxylation sites is 1. The summed E-state index contributed by atoms with van der Waals surface area (Å²) in [7, 11) is 0. The van der Waals surface area contributed by atoms with Crippen molar-refractivity contribution in [3.05, 3.63) is 44.1 Å². The molecule has 1 aromatic carbocycles. The summed E-state index contributed by atoms with van der Waals surface area (Å²) in [6.07, 6.45) is -19.3. The molecular formula is C13H4ClF10N3O2S. The first kappa shape index (κ1) is 24.0. The van der Waals surface area contributed by atoms with E-state index < -0.39 is 73.1 Å². The molecular weight excluding hydrogens is 488 g/mol. The van der Waals surface area contributed by atoms with Gasteiger partial charge in [-0.2, -0.15) is 39.5 Å². The lowest BCUT2D eigenvalue weighted by molar-refractivity contribution is -0.383. The van der Waals surface area contributed by atoms with E-state index in [0.29, 0.717) is 0 Å². The largest absolute Gasteiger partial charge is 0.443 e. The monoisotopic (exact) mass is 491 g/mol. The highest BCUT2D eigenvalue weighted by Crippen LogP contribution is 2.59. The fraction of sp³-hybridized carbons (Fsp3) is 0.308. The second-order valence-corrected chi connectivity index (χ2v) is 6.79. The van der Waals surface area contributed by atoms with Crippen LogP contribution in [0.25, 0.3) is 0 Å². The number of nitro benzene ring substituents is 1. The zero-order valence-electron chi connectivity index (χ0n) is 13.5. The van der Waals surface area contributed by atoms with Crippen molar-refractivity contribution in [1.82, 2.24) is 0 Å². The van der Waals surface area contributed by atoms with Crippen LogP contribution in [0.1, 0.15) is 0 Å². The van der Waals surface area contributed by atoms with Gasteiger partial charge in [0.25, 0.3) is 11.2 Å². The first-order valence-electron chi connectivity index (χ1n) is 7.02. The van der Waals surface area contributed by atoms with Crippen molar-refractivity contribution in [1.29, 1.82) is 0 Å². The number of aliphatic imine (C=N–C) groups is 1. The van der Waals surface area contributed by atoms with Gasteiger partial charge in [0.1, 0.15) is 5.69 Å². The highest BCUT2D eigenvalue weighted by atomic mass is 35.5. The summed E-state index contributed by atoms with van der Waals surface area (Å²) in [5.41, 5.74) is -7.39. The molecule has 1 aliphatic rings. The van der Waals surface area contributed by atoms with Gasteiger partial charge in [-0.25, -0.2) is 9.38 Å². The number of rotatable bonds is 2. The number of allylic oxidation sites excluding steroid dienone is 1. The average molecular weight is 492 g/mol. The molecule has 1 N–H and O–H groups in total. The Bertz CT molecular complexity index is 925. The number of nitro groups is 1. The number of anilines is 1. The lowest BCUT2D eigenvalue weighted by Gasteiger charge is -2.31. The number of nitrogens with zero attached hydrogens (tertiary/aromatic N) is 2. The summed E-state index contributed by atoms with van der Waals surface area (Å²) >= 11 is 4.67. The standard InChI is InChI=1S/C13H4ClF10N3O2S/c14-4-2-1-3-5(27(28)29)6(4)25-9-26-10(12(19,20)21,13(22,23)24)8(30-9)7(15)11(16,17)18/h1-3H,(H,25,26)/b8-7+. The molecule has 0 saturated carbocycles. The predicted molar refractivity (Wildman–Crippen MR) is 85.8 cm³/mol. The van der Waals surface area contributed by atoms with Crippen LogP contribution in [0.4, 0.5) is 55.3 Å². The van der Waals surface area contributed by atoms with Crippen molar-refractivity contribution < 1.29 is 48.8 Å². The zero-order chi connectivity index (χ0) is 23.3. The lowest BCUT2D eigenvalue weighted by atomic mass is 9.97. The molecule has 0 fully saturated rings. The van der Waals surface area contributed by atoms with E-state index in [0.717, 1.165) is 18.2 Å². The molecule has 166 valence electrons. The number of halogens is 11. The molecule has 0 bridgehead atoms. The van der Waals surface area contributed by atoms with E-state index >= 15 is 0 Å². The quantitative estimate of drug-likeness (QED) is 0.297. The number of nitrogens with one attached hydrogen (secondary N) is 1. The van der Waals surface area contributed by atoms with E-state index in [9.17, 15) is 54.0 Å². The molecule has 0 atom stereocenters. The van der Waals surface area contributed by atoms with E-state index in [-0.39, 0.29) is 0 Å². The minimum absolute atomic E-state index is 0.578. The summed E-state index contributed by atoms with van der Waals surface area (Å²) in [4.78, 5) is 9.27. The zero-order valence-corrected chi connectivity index (χ0v) is 15.1. The second-order valence-electron chi connectivity index (χ2n) is 5.38. The first-order valence-corrected chi connectivity index (χ1v) is 8.21. The molecule has 1 aliphatic heterocycles. The Kier molecular flexibility index (Phi) is 5.99. The Hall–Kier alpha value is -2.23. The number of thioether (sulfide) groups is 1. The molecule has 0 aliphatic carbocycles. The fourth-order valence-electron chi connectivity index (χ4n) is 2.22. The van der Waals surface area contributed by atoms with Crippen LogP contribution in [0.2, 0.25) is 5.02 Å². The average Bonchev–Trinajstić information content (AvgIpc) is 2.95. The van der Waals surface area contributed by atoms with Gasteiger partial charge in [-0.15, -0.1) is 0 Å². The van der Waals surface area contributed by atoms with E-state index in [4.69, 9.17) is 11.6 Å². The summed E-state index contributed by atoms with van der Waals surface area (Å²) < 4.78 is 132. The number of hydrogen-bond donors (Lipinski definition) is 1. The molecule has 30 heavy (non-hydrogen) atoms. The number of alkyl halides is 9. The highest BCUT2D eigenvalue weighted by molar-refractivity contribution is 8.17. The van der Waals surface area contributed by atoms with Gasteiger partial charge in [0.2, 0.25) is 5.83 Å². The molecule has 0 radical (unpaired) electrons. The Labute approximate surface area is 167 Å². The van der Waals surface area contributed by atoms with Crippen LogP contribution in [-0.4, -0.2) is 34.2 Å². The van der Waals surface area contributed by atoms with Crippen LogP contribution in [-0.2, 0) is 0 Å². The van der Waals surface area contributed by atoms with E-state index in [1.165, 1.54) is 0 Å². The number of amidine groups is 1. The van der Waals surface area contributed by atoms with Gasteiger partial charge < -0.3 is 5.32 Å².